The molecule has 1 rings (SSSR count). The molecule has 0 radical (unpaired) electrons. The van der Waals surface area contributed by atoms with Crippen LogP contribution in [0.25, 0.3) is 0 Å². The average Bonchev–Trinajstić information content (AvgIpc) is 2.75. The number of aromatic nitrogens is 3. The molecule has 0 spiro atoms. The molecule has 8 heteroatoms. The third-order valence-electron chi connectivity index (χ3n) is 2.49. The normalized spacial score (nSPS) is 11.0. The first-order chi connectivity index (χ1) is 9.54. The minimum absolute atomic E-state index is 0.0532. The van der Waals surface area contributed by atoms with Gasteiger partial charge in [0.25, 0.3) is 0 Å². The number of thioether (sulfide) groups is 1. The molecule has 1 amide bonds. The summed E-state index contributed by atoms with van der Waals surface area (Å²) in [4.78, 5) is 23.2. The molecule has 114 valence electrons. The van der Waals surface area contributed by atoms with Crippen molar-refractivity contribution in [2.45, 2.75) is 32.0 Å². The highest BCUT2D eigenvalue weighted by molar-refractivity contribution is 7.99. The number of nitrogens with zero attached hydrogens (tertiary/aromatic N) is 2. The molecule has 0 aromatic carbocycles. The highest BCUT2D eigenvalue weighted by Gasteiger charge is 2.11. The van der Waals surface area contributed by atoms with Gasteiger partial charge < -0.3 is 10.1 Å². The lowest BCUT2D eigenvalue weighted by Gasteiger charge is -2.07. The van der Waals surface area contributed by atoms with E-state index in [1.165, 1.54) is 16.3 Å². The standard InChI is InChI=1S/C12H22N4O3S/c1-9(2)7-13-10(17)8-20-12-15-14-11(18)16(12)5-4-6-19-3/h9H,4-8H2,1-3H3,(H,13,17)(H,14,18). The topological polar surface area (TPSA) is 89.0 Å². The lowest BCUT2D eigenvalue weighted by molar-refractivity contribution is -0.118. The van der Waals surface area contributed by atoms with Gasteiger partial charge in [-0.3, -0.25) is 9.36 Å². The Balaban J connectivity index is 2.47. The van der Waals surface area contributed by atoms with Gasteiger partial charge in [0.05, 0.1) is 5.75 Å². The molecule has 0 aliphatic rings. The van der Waals surface area contributed by atoms with Gasteiger partial charge in [0.1, 0.15) is 0 Å². The minimum atomic E-state index is -0.258. The van der Waals surface area contributed by atoms with E-state index in [0.29, 0.717) is 30.8 Å². The van der Waals surface area contributed by atoms with Crippen molar-refractivity contribution in [3.63, 3.8) is 0 Å². The number of hydrogen-bond donors (Lipinski definition) is 2. The third kappa shape index (κ3) is 5.79. The number of nitrogens with one attached hydrogen (secondary N) is 2. The molecule has 2 N–H and O–H groups in total. The molecular formula is C12H22N4O3S. The first-order valence-corrected chi connectivity index (χ1v) is 7.56. The van der Waals surface area contributed by atoms with Gasteiger partial charge in [-0.15, -0.1) is 5.10 Å². The zero-order valence-electron chi connectivity index (χ0n) is 12.1. The number of aromatic amines is 1. The SMILES string of the molecule is COCCCn1c(SCC(=O)NCC(C)C)n[nH]c1=O. The van der Waals surface area contributed by atoms with Gasteiger partial charge in [-0.05, 0) is 12.3 Å². The van der Waals surface area contributed by atoms with E-state index >= 15 is 0 Å². The molecule has 1 aromatic rings. The van der Waals surface area contributed by atoms with E-state index in [0.717, 1.165) is 6.42 Å². The monoisotopic (exact) mass is 302 g/mol. The van der Waals surface area contributed by atoms with Crippen molar-refractivity contribution in [2.24, 2.45) is 5.92 Å². The number of hydrogen-bond acceptors (Lipinski definition) is 5. The fraction of sp³-hybridized carbons (Fsp3) is 0.750. The van der Waals surface area contributed by atoms with Crippen LogP contribution in [0.15, 0.2) is 9.95 Å². The molecule has 1 heterocycles. The molecule has 20 heavy (non-hydrogen) atoms. The molecule has 1 aromatic heterocycles. The van der Waals surface area contributed by atoms with E-state index in [1.807, 2.05) is 13.8 Å². The Morgan fingerprint density at radius 1 is 1.55 bits per heavy atom. The predicted octanol–water partition coefficient (Wildman–Crippen LogP) is 0.472. The Morgan fingerprint density at radius 2 is 2.30 bits per heavy atom. The van der Waals surface area contributed by atoms with E-state index in [4.69, 9.17) is 4.74 Å². The number of rotatable bonds is 9. The molecule has 7 nitrogen and oxygen atoms in total. The van der Waals surface area contributed by atoms with Crippen molar-refractivity contribution in [1.82, 2.24) is 20.1 Å². The van der Waals surface area contributed by atoms with Crippen LogP contribution in [0.4, 0.5) is 0 Å². The second-order valence-corrected chi connectivity index (χ2v) is 5.74. The highest BCUT2D eigenvalue weighted by Crippen LogP contribution is 2.12. The molecular weight excluding hydrogens is 280 g/mol. The number of H-pyrrole nitrogens is 1. The summed E-state index contributed by atoms with van der Waals surface area (Å²) in [5, 5.41) is 9.69. The summed E-state index contributed by atoms with van der Waals surface area (Å²) < 4.78 is 6.48. The smallest absolute Gasteiger partial charge is 0.343 e. The van der Waals surface area contributed by atoms with Gasteiger partial charge >= 0.3 is 5.69 Å². The fourth-order valence-corrected chi connectivity index (χ4v) is 2.28. The molecule has 0 saturated heterocycles. The summed E-state index contributed by atoms with van der Waals surface area (Å²) in [5.74, 6) is 0.616. The summed E-state index contributed by atoms with van der Waals surface area (Å²) in [5.41, 5.74) is -0.258. The first kappa shape index (κ1) is 16.8. The van der Waals surface area contributed by atoms with Gasteiger partial charge in [-0.1, -0.05) is 25.6 Å². The third-order valence-corrected chi connectivity index (χ3v) is 3.47. The number of carbonyl (C=O) groups is 1. The maximum absolute atomic E-state index is 11.6. The second kappa shape index (κ2) is 8.80. The molecule has 0 atom stereocenters. The minimum Gasteiger partial charge on any atom is -0.385 e. The largest absolute Gasteiger partial charge is 0.385 e. The zero-order valence-corrected chi connectivity index (χ0v) is 13.0. The number of ether oxygens (including phenoxy) is 1. The molecule has 0 aliphatic heterocycles. The van der Waals surface area contributed by atoms with Gasteiger partial charge in [0.2, 0.25) is 5.91 Å². The van der Waals surface area contributed by atoms with Crippen LogP contribution in [0, 0.1) is 5.92 Å². The maximum atomic E-state index is 11.6. The molecule has 0 saturated carbocycles. The maximum Gasteiger partial charge on any atom is 0.343 e. The summed E-state index contributed by atoms with van der Waals surface area (Å²) in [6.45, 7) is 5.83. The van der Waals surface area contributed by atoms with Gasteiger partial charge in [0, 0.05) is 26.8 Å². The van der Waals surface area contributed by atoms with Crippen LogP contribution >= 0.6 is 11.8 Å². The Labute approximate surface area is 122 Å². The second-order valence-electron chi connectivity index (χ2n) is 4.80. The average molecular weight is 302 g/mol. The lowest BCUT2D eigenvalue weighted by atomic mass is 10.2. The first-order valence-electron chi connectivity index (χ1n) is 6.58. The van der Waals surface area contributed by atoms with Crippen molar-refractivity contribution in [3.8, 4) is 0 Å². The molecule has 0 aliphatic carbocycles. The van der Waals surface area contributed by atoms with E-state index in [2.05, 4.69) is 15.5 Å². The molecule has 0 unspecified atom stereocenters. The van der Waals surface area contributed by atoms with Crippen molar-refractivity contribution in [2.75, 3.05) is 26.0 Å². The van der Waals surface area contributed by atoms with Crippen molar-refractivity contribution < 1.29 is 9.53 Å². The summed E-state index contributed by atoms with van der Waals surface area (Å²) in [6, 6.07) is 0. The fourth-order valence-electron chi connectivity index (χ4n) is 1.48. The van der Waals surface area contributed by atoms with Crippen LogP contribution < -0.4 is 11.0 Å². The Kier molecular flexibility index (Phi) is 7.38. The summed E-state index contributed by atoms with van der Waals surface area (Å²) in [6.07, 6.45) is 0.725. The van der Waals surface area contributed by atoms with Crippen LogP contribution in [-0.4, -0.2) is 46.7 Å². The van der Waals surface area contributed by atoms with Crippen LogP contribution in [-0.2, 0) is 16.1 Å². The van der Waals surface area contributed by atoms with E-state index in [9.17, 15) is 9.59 Å². The molecule has 0 fully saturated rings. The number of methoxy groups -OCH3 is 1. The summed E-state index contributed by atoms with van der Waals surface area (Å²) in [7, 11) is 1.62. The van der Waals surface area contributed by atoms with E-state index in [-0.39, 0.29) is 17.3 Å². The Hall–Kier alpha value is -1.28. The van der Waals surface area contributed by atoms with Crippen molar-refractivity contribution >= 4 is 17.7 Å². The van der Waals surface area contributed by atoms with Crippen LogP contribution in [0.2, 0.25) is 0 Å². The lowest BCUT2D eigenvalue weighted by Crippen LogP contribution is -2.29. The zero-order chi connectivity index (χ0) is 15.0. The predicted molar refractivity (Wildman–Crippen MR) is 77.9 cm³/mol. The quantitative estimate of drug-likeness (QED) is 0.511. The Morgan fingerprint density at radius 3 is 2.95 bits per heavy atom. The molecule has 0 bridgehead atoms. The van der Waals surface area contributed by atoms with Gasteiger partial charge in [-0.25, -0.2) is 9.89 Å². The van der Waals surface area contributed by atoms with Gasteiger partial charge in [0.15, 0.2) is 5.16 Å². The van der Waals surface area contributed by atoms with Crippen molar-refractivity contribution in [1.29, 1.82) is 0 Å². The Bertz CT molecular complexity index is 470. The van der Waals surface area contributed by atoms with Crippen molar-refractivity contribution in [3.05, 3.63) is 10.5 Å². The van der Waals surface area contributed by atoms with Crippen LogP contribution in [0.3, 0.4) is 0 Å². The van der Waals surface area contributed by atoms with E-state index in [1.54, 1.807) is 7.11 Å². The highest BCUT2D eigenvalue weighted by atomic mass is 32.2. The van der Waals surface area contributed by atoms with Gasteiger partial charge in [-0.2, -0.15) is 0 Å². The summed E-state index contributed by atoms with van der Waals surface area (Å²) >= 11 is 1.25. The van der Waals surface area contributed by atoms with E-state index < -0.39 is 0 Å². The number of amides is 1. The number of carbonyl (C=O) groups excluding carboxylic acids is 1. The van der Waals surface area contributed by atoms with Crippen LogP contribution in [0.1, 0.15) is 20.3 Å². The van der Waals surface area contributed by atoms with Crippen LogP contribution in [0.5, 0.6) is 0 Å².